The first-order valence-electron chi connectivity index (χ1n) is 10.4. The van der Waals surface area contributed by atoms with Crippen LogP contribution in [0.2, 0.25) is 0 Å². The lowest BCUT2D eigenvalue weighted by Gasteiger charge is -2.37. The minimum Gasteiger partial charge on any atom is -0.381 e. The van der Waals surface area contributed by atoms with Crippen LogP contribution in [0.25, 0.3) is 10.4 Å². The van der Waals surface area contributed by atoms with Crippen LogP contribution in [-0.4, -0.2) is 25.2 Å². The lowest BCUT2D eigenvalue weighted by molar-refractivity contribution is -0.124. The molecule has 0 N–H and O–H groups in total. The van der Waals surface area contributed by atoms with Crippen LogP contribution in [0, 0.1) is 17.7 Å². The summed E-state index contributed by atoms with van der Waals surface area (Å²) in [7, 11) is 0. The molecule has 2 heterocycles. The molecule has 1 amide bonds. The minimum atomic E-state index is -0.230. The van der Waals surface area contributed by atoms with E-state index < -0.39 is 0 Å². The molecule has 1 aromatic heterocycles. The first-order chi connectivity index (χ1) is 13.6. The van der Waals surface area contributed by atoms with Gasteiger partial charge in [-0.25, -0.2) is 4.39 Å². The van der Waals surface area contributed by atoms with Gasteiger partial charge < -0.3 is 9.64 Å². The molecule has 2 aliphatic rings. The molecule has 0 spiro atoms. The highest BCUT2D eigenvalue weighted by Gasteiger charge is 2.34. The van der Waals surface area contributed by atoms with Crippen LogP contribution >= 0.6 is 11.3 Å². The van der Waals surface area contributed by atoms with Crippen LogP contribution in [0.3, 0.4) is 0 Å². The molecule has 28 heavy (non-hydrogen) atoms. The van der Waals surface area contributed by atoms with Gasteiger partial charge in [-0.1, -0.05) is 19.1 Å². The van der Waals surface area contributed by atoms with E-state index in [1.54, 1.807) is 23.5 Å². The highest BCUT2D eigenvalue weighted by molar-refractivity contribution is 7.19. The molecular formula is C23H28FNO2S. The molecule has 4 rings (SSSR count). The van der Waals surface area contributed by atoms with Gasteiger partial charge >= 0.3 is 0 Å². The number of hydrogen-bond acceptors (Lipinski definition) is 3. The van der Waals surface area contributed by atoms with Crippen molar-refractivity contribution in [3.63, 3.8) is 0 Å². The average molecular weight is 402 g/mol. The van der Waals surface area contributed by atoms with E-state index in [1.807, 2.05) is 0 Å². The summed E-state index contributed by atoms with van der Waals surface area (Å²) < 4.78 is 18.8. The van der Waals surface area contributed by atoms with E-state index in [0.717, 1.165) is 59.9 Å². The number of benzene rings is 1. The van der Waals surface area contributed by atoms with E-state index in [1.165, 1.54) is 12.1 Å². The average Bonchev–Trinajstić information content (AvgIpc) is 3.19. The number of ether oxygens (including phenoxy) is 1. The van der Waals surface area contributed by atoms with Gasteiger partial charge in [0.2, 0.25) is 5.91 Å². The molecule has 0 radical (unpaired) electrons. The summed E-state index contributed by atoms with van der Waals surface area (Å²) in [5.41, 5.74) is 0.989. The number of amides is 1. The number of carbonyl (C=O) groups excluding carboxylic acids is 1. The van der Waals surface area contributed by atoms with E-state index in [2.05, 4.69) is 24.0 Å². The molecule has 5 heteroatoms. The number of rotatable bonds is 4. The van der Waals surface area contributed by atoms with Crippen molar-refractivity contribution >= 4 is 22.2 Å². The van der Waals surface area contributed by atoms with Gasteiger partial charge in [0.1, 0.15) is 5.82 Å². The van der Waals surface area contributed by atoms with E-state index >= 15 is 0 Å². The lowest BCUT2D eigenvalue weighted by atomic mass is 9.82. The van der Waals surface area contributed by atoms with Crippen LogP contribution in [-0.2, 0) is 9.53 Å². The van der Waals surface area contributed by atoms with Crippen LogP contribution in [0.1, 0.15) is 45.4 Å². The fourth-order valence-electron chi connectivity index (χ4n) is 4.34. The zero-order valence-corrected chi connectivity index (χ0v) is 17.2. The van der Waals surface area contributed by atoms with Crippen molar-refractivity contribution < 1.29 is 13.9 Å². The molecule has 2 aromatic rings. The highest BCUT2D eigenvalue weighted by Crippen LogP contribution is 2.38. The Morgan fingerprint density at radius 3 is 2.36 bits per heavy atom. The summed E-state index contributed by atoms with van der Waals surface area (Å²) in [5.74, 6) is 0.917. The van der Waals surface area contributed by atoms with Crippen LogP contribution < -0.4 is 4.90 Å². The maximum absolute atomic E-state index is 13.5. The Morgan fingerprint density at radius 2 is 1.68 bits per heavy atom. The molecular weight excluding hydrogens is 373 g/mol. The molecule has 0 bridgehead atoms. The van der Waals surface area contributed by atoms with Gasteiger partial charge in [-0.15, -0.1) is 11.3 Å². The van der Waals surface area contributed by atoms with Crippen molar-refractivity contribution in [2.45, 2.75) is 51.5 Å². The van der Waals surface area contributed by atoms with Crippen molar-refractivity contribution in [1.82, 2.24) is 0 Å². The minimum absolute atomic E-state index is 0.135. The molecule has 2 fully saturated rings. The van der Waals surface area contributed by atoms with Crippen LogP contribution in [0.15, 0.2) is 36.4 Å². The Labute approximate surface area is 170 Å². The van der Waals surface area contributed by atoms with Crippen molar-refractivity contribution in [1.29, 1.82) is 0 Å². The Morgan fingerprint density at radius 1 is 1.00 bits per heavy atom. The van der Waals surface area contributed by atoms with E-state index in [9.17, 15) is 9.18 Å². The number of thiophene rings is 1. The van der Waals surface area contributed by atoms with Crippen molar-refractivity contribution in [2.75, 3.05) is 18.1 Å². The van der Waals surface area contributed by atoms with Gasteiger partial charge in [0.05, 0.1) is 5.00 Å². The Balaban J connectivity index is 1.60. The second kappa shape index (κ2) is 8.75. The summed E-state index contributed by atoms with van der Waals surface area (Å²) in [6.07, 6.45) is 6.05. The first kappa shape index (κ1) is 19.6. The third kappa shape index (κ3) is 4.31. The topological polar surface area (TPSA) is 29.5 Å². The number of halogens is 1. The standard InChI is InChI=1S/C23H28FNO2S/c1-16-2-4-18(5-3-16)23(26)25(20-12-14-27-15-13-20)22-11-10-21(28-22)17-6-8-19(24)9-7-17/h6-11,16,18,20H,2-5,12-15H2,1H3. The number of anilines is 1. The molecule has 3 nitrogen and oxygen atoms in total. The van der Waals surface area contributed by atoms with Gasteiger partial charge in [0.25, 0.3) is 0 Å². The van der Waals surface area contributed by atoms with Crippen molar-refractivity contribution in [2.24, 2.45) is 11.8 Å². The summed E-state index contributed by atoms with van der Waals surface area (Å²) >= 11 is 1.63. The summed E-state index contributed by atoms with van der Waals surface area (Å²) in [6, 6.07) is 10.9. The maximum Gasteiger partial charge on any atom is 0.230 e. The largest absolute Gasteiger partial charge is 0.381 e. The molecule has 1 aromatic carbocycles. The number of hydrogen-bond donors (Lipinski definition) is 0. The predicted octanol–water partition coefficient (Wildman–Crippen LogP) is 5.89. The molecule has 1 saturated carbocycles. The normalized spacial score (nSPS) is 23.5. The summed E-state index contributed by atoms with van der Waals surface area (Å²) in [4.78, 5) is 16.7. The highest BCUT2D eigenvalue weighted by atomic mass is 32.1. The van der Waals surface area contributed by atoms with Gasteiger partial charge in [0.15, 0.2) is 0 Å². The molecule has 1 aliphatic heterocycles. The predicted molar refractivity (Wildman–Crippen MR) is 112 cm³/mol. The third-order valence-corrected chi connectivity index (χ3v) is 7.25. The quantitative estimate of drug-likeness (QED) is 0.639. The molecule has 150 valence electrons. The second-order valence-corrected chi connectivity index (χ2v) is 9.22. The van der Waals surface area contributed by atoms with E-state index in [4.69, 9.17) is 4.74 Å². The van der Waals surface area contributed by atoms with Gasteiger partial charge in [-0.3, -0.25) is 4.79 Å². The zero-order chi connectivity index (χ0) is 19.5. The van der Waals surface area contributed by atoms with Gasteiger partial charge in [-0.05, 0) is 74.3 Å². The second-order valence-electron chi connectivity index (χ2n) is 8.15. The van der Waals surface area contributed by atoms with Gasteiger partial charge in [0, 0.05) is 30.1 Å². The third-order valence-electron chi connectivity index (χ3n) is 6.12. The lowest BCUT2D eigenvalue weighted by Crippen LogP contribution is -2.46. The fourth-order valence-corrected chi connectivity index (χ4v) is 5.43. The van der Waals surface area contributed by atoms with Crippen molar-refractivity contribution in [3.8, 4) is 10.4 Å². The Hall–Kier alpha value is -1.72. The Kier molecular flexibility index (Phi) is 6.12. The van der Waals surface area contributed by atoms with E-state index in [-0.39, 0.29) is 23.7 Å². The smallest absolute Gasteiger partial charge is 0.230 e. The van der Waals surface area contributed by atoms with Gasteiger partial charge in [-0.2, -0.15) is 0 Å². The molecule has 0 unspecified atom stereocenters. The first-order valence-corrected chi connectivity index (χ1v) is 11.2. The summed E-state index contributed by atoms with van der Waals surface area (Å²) in [6.45, 7) is 3.71. The number of carbonyl (C=O) groups is 1. The SMILES string of the molecule is CC1CCC(C(=O)N(c2ccc(-c3ccc(F)cc3)s2)C2CCOCC2)CC1. The van der Waals surface area contributed by atoms with Crippen LogP contribution in [0.4, 0.5) is 9.39 Å². The molecule has 0 atom stereocenters. The Bertz CT molecular complexity index is 789. The molecule has 1 aliphatic carbocycles. The van der Waals surface area contributed by atoms with Crippen molar-refractivity contribution in [3.05, 3.63) is 42.2 Å². The fraction of sp³-hybridized carbons (Fsp3) is 0.522. The van der Waals surface area contributed by atoms with E-state index in [0.29, 0.717) is 13.2 Å². The monoisotopic (exact) mass is 401 g/mol. The zero-order valence-electron chi connectivity index (χ0n) is 16.4. The molecule has 1 saturated heterocycles. The summed E-state index contributed by atoms with van der Waals surface area (Å²) in [5, 5.41) is 1.01. The van der Waals surface area contributed by atoms with Crippen LogP contribution in [0.5, 0.6) is 0 Å². The number of nitrogens with zero attached hydrogens (tertiary/aromatic N) is 1. The maximum atomic E-state index is 13.5.